The number of ketones is 1. The number of hydrogen-bond acceptors (Lipinski definition) is 3. The first-order chi connectivity index (χ1) is 12.4. The number of rotatable bonds is 4. The summed E-state index contributed by atoms with van der Waals surface area (Å²) in [6.45, 7) is 2.79. The van der Waals surface area contributed by atoms with Gasteiger partial charge in [0.15, 0.2) is 0 Å². The van der Waals surface area contributed by atoms with E-state index in [2.05, 4.69) is 15.9 Å². The Bertz CT molecular complexity index is 548. The third-order valence-electron chi connectivity index (χ3n) is 8.89. The van der Waals surface area contributed by atoms with E-state index in [0.29, 0.717) is 17.0 Å². The molecule has 4 aliphatic carbocycles. The van der Waals surface area contributed by atoms with Gasteiger partial charge in [-0.1, -0.05) is 15.9 Å². The van der Waals surface area contributed by atoms with Crippen molar-refractivity contribution in [1.82, 2.24) is 0 Å². The van der Waals surface area contributed by atoms with E-state index >= 15 is 0 Å². The Balaban J connectivity index is 1.58. The van der Waals surface area contributed by atoms with Crippen molar-refractivity contribution in [3.05, 3.63) is 0 Å². The Morgan fingerprint density at radius 2 is 1.85 bits per heavy atom. The molecule has 0 spiro atoms. The highest BCUT2D eigenvalue weighted by molar-refractivity contribution is 9.09. The highest BCUT2D eigenvalue weighted by Crippen LogP contribution is 2.65. The van der Waals surface area contributed by atoms with Crippen LogP contribution in [0.5, 0.6) is 0 Å². The maximum atomic E-state index is 12.7. The number of ether oxygens (including phenoxy) is 1. The summed E-state index contributed by atoms with van der Waals surface area (Å²) in [5.41, 5.74) is -0.350. The van der Waals surface area contributed by atoms with Gasteiger partial charge in [-0.25, -0.2) is 0 Å². The van der Waals surface area contributed by atoms with Gasteiger partial charge in [-0.3, -0.25) is 4.79 Å². The van der Waals surface area contributed by atoms with Crippen LogP contribution in [-0.4, -0.2) is 35.5 Å². The van der Waals surface area contributed by atoms with Crippen molar-refractivity contribution in [1.29, 1.82) is 0 Å². The highest BCUT2D eigenvalue weighted by Gasteiger charge is 2.60. The second-order valence-corrected chi connectivity index (χ2v) is 10.7. The average Bonchev–Trinajstić information content (AvgIpc) is 2.99. The van der Waals surface area contributed by atoms with E-state index in [1.54, 1.807) is 0 Å². The van der Waals surface area contributed by atoms with E-state index in [1.807, 2.05) is 14.0 Å². The number of hydrogen-bond donors (Lipinski definition) is 1. The summed E-state index contributed by atoms with van der Waals surface area (Å²) < 4.78 is 5.72. The zero-order valence-electron chi connectivity index (χ0n) is 16.4. The van der Waals surface area contributed by atoms with Crippen molar-refractivity contribution in [3.63, 3.8) is 0 Å². The highest BCUT2D eigenvalue weighted by atomic mass is 79.9. The zero-order valence-corrected chi connectivity index (χ0v) is 18.0. The van der Waals surface area contributed by atoms with E-state index in [-0.39, 0.29) is 11.3 Å². The number of halogens is 1. The van der Waals surface area contributed by atoms with Gasteiger partial charge in [-0.05, 0) is 94.3 Å². The monoisotopic (exact) mass is 426 g/mol. The van der Waals surface area contributed by atoms with E-state index in [1.165, 1.54) is 32.1 Å². The van der Waals surface area contributed by atoms with Gasteiger partial charge < -0.3 is 9.84 Å². The van der Waals surface area contributed by atoms with Crippen LogP contribution in [-0.2, 0) is 9.53 Å². The van der Waals surface area contributed by atoms with Crippen molar-refractivity contribution in [2.45, 2.75) is 70.3 Å². The normalized spacial score (nSPS) is 50.6. The molecule has 0 aliphatic heterocycles. The maximum Gasteiger partial charge on any atom is 0.147 e. The molecule has 0 unspecified atom stereocenters. The molecule has 0 aromatic carbocycles. The van der Waals surface area contributed by atoms with Crippen LogP contribution in [0.4, 0.5) is 0 Å². The Morgan fingerprint density at radius 1 is 1.08 bits per heavy atom. The van der Waals surface area contributed by atoms with Crippen molar-refractivity contribution >= 4 is 21.7 Å². The molecule has 0 aromatic heterocycles. The quantitative estimate of drug-likeness (QED) is 0.668. The molecule has 4 aliphatic rings. The van der Waals surface area contributed by atoms with Gasteiger partial charge >= 0.3 is 0 Å². The minimum Gasteiger partial charge on any atom is -0.390 e. The van der Waals surface area contributed by atoms with Crippen LogP contribution in [0.25, 0.3) is 0 Å². The summed E-state index contributed by atoms with van der Waals surface area (Å²) in [4.78, 5) is 12.7. The van der Waals surface area contributed by atoms with Crippen LogP contribution in [0.15, 0.2) is 0 Å². The number of carbonyl (C=O) groups excluding carboxylic acids is 1. The SMILES string of the molecule is COC[C@]12CC[C@H]3[C@@H](CC[C@@H]4C[C@](C)(O)CC[C@@H]43)[C@@H]1CC[C@@H]2C(=O)CBr. The lowest BCUT2D eigenvalue weighted by atomic mass is 9.48. The van der Waals surface area contributed by atoms with Gasteiger partial charge in [0.25, 0.3) is 0 Å². The average molecular weight is 427 g/mol. The summed E-state index contributed by atoms with van der Waals surface area (Å²) in [5, 5.41) is 11.0. The van der Waals surface area contributed by atoms with Gasteiger partial charge in [0.2, 0.25) is 0 Å². The topological polar surface area (TPSA) is 46.5 Å². The van der Waals surface area contributed by atoms with Crippen LogP contribution >= 0.6 is 15.9 Å². The largest absolute Gasteiger partial charge is 0.390 e. The van der Waals surface area contributed by atoms with Crippen molar-refractivity contribution < 1.29 is 14.6 Å². The molecule has 4 saturated carbocycles. The Hall–Kier alpha value is 0.0700. The summed E-state index contributed by atoms with van der Waals surface area (Å²) in [5.74, 6) is 4.37. The van der Waals surface area contributed by atoms with Crippen LogP contribution in [0.2, 0.25) is 0 Å². The molecule has 0 radical (unpaired) electrons. The number of aliphatic hydroxyl groups is 1. The number of fused-ring (bicyclic) bond motifs is 5. The maximum absolute atomic E-state index is 12.7. The number of alkyl halides is 1. The fraction of sp³-hybridized carbons (Fsp3) is 0.955. The molecular weight excluding hydrogens is 392 g/mol. The summed E-state index contributed by atoms with van der Waals surface area (Å²) in [6.07, 6.45) is 10.4. The molecule has 4 heteroatoms. The van der Waals surface area contributed by atoms with E-state index < -0.39 is 5.60 Å². The number of methoxy groups -OCH3 is 1. The van der Waals surface area contributed by atoms with Crippen molar-refractivity contribution in [2.75, 3.05) is 19.0 Å². The lowest BCUT2D eigenvalue weighted by Crippen LogP contribution is -2.53. The minimum atomic E-state index is -0.441. The Kier molecular flexibility index (Phi) is 5.33. The molecule has 26 heavy (non-hydrogen) atoms. The first-order valence-corrected chi connectivity index (χ1v) is 11.8. The van der Waals surface area contributed by atoms with Crippen LogP contribution < -0.4 is 0 Å². The zero-order chi connectivity index (χ0) is 18.5. The molecular formula is C22H35BrO3. The van der Waals surface area contributed by atoms with Crippen molar-refractivity contribution in [2.24, 2.45) is 40.9 Å². The molecule has 8 atom stereocenters. The smallest absolute Gasteiger partial charge is 0.147 e. The molecule has 0 aromatic rings. The molecule has 0 bridgehead atoms. The first-order valence-electron chi connectivity index (χ1n) is 10.7. The second kappa shape index (κ2) is 7.15. The number of carbonyl (C=O) groups is 1. The fourth-order valence-corrected chi connectivity index (χ4v) is 8.41. The minimum absolute atomic E-state index is 0.0910. The fourth-order valence-electron chi connectivity index (χ4n) is 8.02. The standard InChI is InChI=1S/C22H35BrO3/c1-21(25)9-7-15-14(11-21)3-4-17-16(15)8-10-22(13-26-2)18(17)5-6-19(22)20(24)12-23/h14-19,25H,3-13H2,1-2H3/t14-,15+,16-,17-,18+,19-,21-,22-/m1/s1. The second-order valence-electron chi connectivity index (χ2n) is 10.1. The van der Waals surface area contributed by atoms with E-state index in [0.717, 1.165) is 56.0 Å². The molecule has 4 fully saturated rings. The predicted molar refractivity (Wildman–Crippen MR) is 106 cm³/mol. The van der Waals surface area contributed by atoms with Gasteiger partial charge in [0, 0.05) is 18.4 Å². The lowest BCUT2D eigenvalue weighted by Gasteiger charge is -2.57. The molecule has 1 N–H and O–H groups in total. The third-order valence-corrected chi connectivity index (χ3v) is 9.44. The Labute approximate surface area is 166 Å². The van der Waals surface area contributed by atoms with E-state index in [9.17, 15) is 9.90 Å². The third kappa shape index (κ3) is 3.03. The molecule has 0 saturated heterocycles. The first kappa shape index (κ1) is 19.4. The van der Waals surface area contributed by atoms with Crippen molar-refractivity contribution in [3.8, 4) is 0 Å². The molecule has 3 nitrogen and oxygen atoms in total. The Morgan fingerprint density at radius 3 is 2.58 bits per heavy atom. The lowest BCUT2D eigenvalue weighted by molar-refractivity contribution is -0.138. The summed E-state index contributed by atoms with van der Waals surface area (Å²) in [6, 6.07) is 0. The van der Waals surface area contributed by atoms with Crippen LogP contribution in [0.1, 0.15) is 64.7 Å². The van der Waals surface area contributed by atoms with Gasteiger partial charge in [-0.2, -0.15) is 0 Å². The van der Waals surface area contributed by atoms with Crippen LogP contribution in [0.3, 0.4) is 0 Å². The molecule has 0 amide bonds. The molecule has 148 valence electrons. The summed E-state index contributed by atoms with van der Waals surface area (Å²) >= 11 is 3.43. The summed E-state index contributed by atoms with van der Waals surface area (Å²) in [7, 11) is 1.81. The molecule has 0 heterocycles. The van der Waals surface area contributed by atoms with Gasteiger partial charge in [0.1, 0.15) is 5.78 Å². The van der Waals surface area contributed by atoms with E-state index in [4.69, 9.17) is 4.74 Å². The van der Waals surface area contributed by atoms with Gasteiger partial charge in [0.05, 0.1) is 17.5 Å². The predicted octanol–water partition coefficient (Wildman–Crippen LogP) is 4.60. The van der Waals surface area contributed by atoms with Crippen LogP contribution in [0, 0.1) is 40.9 Å². The van der Waals surface area contributed by atoms with Gasteiger partial charge in [-0.15, -0.1) is 0 Å². The number of Topliss-reactive ketones (excluding diaryl/α,β-unsaturated/α-hetero) is 1. The molecule has 4 rings (SSSR count).